The third-order valence-corrected chi connectivity index (χ3v) is 4.29. The monoisotopic (exact) mass is 269 g/mol. The summed E-state index contributed by atoms with van der Waals surface area (Å²) in [4.78, 5) is 4.65. The molecule has 1 fully saturated rings. The van der Waals surface area contributed by atoms with E-state index in [-0.39, 0.29) is 11.1 Å². The number of hydrogen-bond acceptors (Lipinski definition) is 2. The van der Waals surface area contributed by atoms with Crippen LogP contribution in [0.25, 0.3) is 0 Å². The first-order valence-electron chi connectivity index (χ1n) is 5.68. The first kappa shape index (κ1) is 11.4. The Balaban J connectivity index is 2.21. The smallest absolute Gasteiger partial charge is 0.149 e. The van der Waals surface area contributed by atoms with E-state index in [0.29, 0.717) is 15.9 Å². The van der Waals surface area contributed by atoms with Crippen LogP contribution in [0.5, 0.6) is 5.75 Å². The Morgan fingerprint density at radius 3 is 2.59 bits per heavy atom. The predicted molar refractivity (Wildman–Crippen MR) is 70.5 cm³/mol. The highest BCUT2D eigenvalue weighted by atomic mass is 35.5. The first-order valence-corrected chi connectivity index (χ1v) is 6.44. The summed E-state index contributed by atoms with van der Waals surface area (Å²) in [5.41, 5.74) is 0.242. The Morgan fingerprint density at radius 1 is 1.24 bits per heavy atom. The molecule has 1 aliphatic carbocycles. The van der Waals surface area contributed by atoms with E-state index in [1.807, 2.05) is 32.0 Å². The van der Waals surface area contributed by atoms with E-state index in [0.717, 1.165) is 18.4 Å². The number of halogens is 2. The number of aliphatic imine (C=N–C) groups is 1. The van der Waals surface area contributed by atoms with Crippen molar-refractivity contribution in [2.45, 2.75) is 37.8 Å². The molecule has 1 spiro atoms. The van der Waals surface area contributed by atoms with Crippen LogP contribution in [-0.2, 0) is 0 Å². The minimum absolute atomic E-state index is 0.174. The largest absolute Gasteiger partial charge is 0.483 e. The van der Waals surface area contributed by atoms with Gasteiger partial charge in [-0.3, -0.25) is 4.99 Å². The number of fused-ring (bicyclic) bond motifs is 1. The molecule has 2 aliphatic rings. The highest BCUT2D eigenvalue weighted by molar-refractivity contribution is 6.70. The van der Waals surface area contributed by atoms with E-state index in [2.05, 4.69) is 4.99 Å². The summed E-state index contributed by atoms with van der Waals surface area (Å²) in [6.07, 6.45) is 2.03. The molecule has 0 amide bonds. The van der Waals surface area contributed by atoms with Crippen LogP contribution in [0.3, 0.4) is 0 Å². The number of rotatable bonds is 0. The molecule has 0 unspecified atom stereocenters. The van der Waals surface area contributed by atoms with Crippen LogP contribution in [0.2, 0.25) is 5.02 Å². The number of ether oxygens (including phenoxy) is 1. The van der Waals surface area contributed by atoms with Gasteiger partial charge in [-0.2, -0.15) is 0 Å². The van der Waals surface area contributed by atoms with Crippen molar-refractivity contribution in [3.05, 3.63) is 28.8 Å². The van der Waals surface area contributed by atoms with E-state index in [1.165, 1.54) is 0 Å². The summed E-state index contributed by atoms with van der Waals surface area (Å²) in [5.74, 6) is 0.650. The second kappa shape index (κ2) is 3.39. The lowest BCUT2D eigenvalue weighted by molar-refractivity contribution is 0.0725. The molecular formula is C13H13Cl2NO. The van der Waals surface area contributed by atoms with E-state index in [9.17, 15) is 0 Å². The molecule has 90 valence electrons. The molecule has 3 rings (SSSR count). The van der Waals surface area contributed by atoms with E-state index < -0.39 is 0 Å². The van der Waals surface area contributed by atoms with E-state index >= 15 is 0 Å². The van der Waals surface area contributed by atoms with Crippen molar-refractivity contribution in [2.24, 2.45) is 4.99 Å². The minimum Gasteiger partial charge on any atom is -0.483 e. The van der Waals surface area contributed by atoms with Gasteiger partial charge in [0.2, 0.25) is 0 Å². The van der Waals surface area contributed by atoms with Gasteiger partial charge in [0.05, 0.1) is 10.6 Å². The molecule has 2 nitrogen and oxygen atoms in total. The molecule has 1 heterocycles. The molecule has 0 N–H and O–H groups in total. The maximum absolute atomic E-state index is 6.29. The summed E-state index contributed by atoms with van der Waals surface area (Å²) in [6, 6.07) is 5.57. The number of benzene rings is 1. The predicted octanol–water partition coefficient (Wildman–Crippen LogP) is 4.03. The van der Waals surface area contributed by atoms with Gasteiger partial charge in [-0.25, -0.2) is 0 Å². The van der Waals surface area contributed by atoms with Crippen LogP contribution in [0, 0.1) is 0 Å². The Kier molecular flexibility index (Phi) is 2.27. The number of hydrogen-bond donors (Lipinski definition) is 0. The third kappa shape index (κ3) is 1.58. The summed E-state index contributed by atoms with van der Waals surface area (Å²) in [5, 5.41) is 1.09. The summed E-state index contributed by atoms with van der Waals surface area (Å²) >= 11 is 12.5. The normalized spacial score (nSPS) is 23.4. The van der Waals surface area contributed by atoms with Crippen molar-refractivity contribution in [1.29, 1.82) is 0 Å². The van der Waals surface area contributed by atoms with Crippen LogP contribution >= 0.6 is 23.2 Å². The Labute approximate surface area is 111 Å². The van der Waals surface area contributed by atoms with Crippen molar-refractivity contribution in [1.82, 2.24) is 0 Å². The molecular weight excluding hydrogens is 257 g/mol. The van der Waals surface area contributed by atoms with Gasteiger partial charge in [0.25, 0.3) is 0 Å². The zero-order chi connectivity index (χ0) is 12.3. The summed E-state index contributed by atoms with van der Waals surface area (Å²) < 4.78 is 6.09. The number of nitrogens with zero attached hydrogens (tertiary/aromatic N) is 1. The van der Waals surface area contributed by atoms with Gasteiger partial charge in [-0.05, 0) is 38.8 Å². The highest BCUT2D eigenvalue weighted by Crippen LogP contribution is 2.53. The summed E-state index contributed by atoms with van der Waals surface area (Å²) in [7, 11) is 0. The lowest BCUT2D eigenvalue weighted by atomic mass is 9.96. The van der Waals surface area contributed by atoms with Crippen LogP contribution in [0.4, 0.5) is 0 Å². The van der Waals surface area contributed by atoms with Gasteiger partial charge in [-0.1, -0.05) is 29.3 Å². The average Bonchev–Trinajstić information content (AvgIpc) is 3.01. The average molecular weight is 270 g/mol. The van der Waals surface area contributed by atoms with Crippen LogP contribution in [-0.4, -0.2) is 16.3 Å². The SMILES string of the molecule is CC1(C)Oc2c(Cl)cccc2C(Cl)=NC12CC2. The number of para-hydroxylation sites is 1. The zero-order valence-corrected chi connectivity index (χ0v) is 11.3. The second-order valence-corrected chi connectivity index (χ2v) is 5.93. The van der Waals surface area contributed by atoms with Crippen molar-refractivity contribution < 1.29 is 4.74 Å². The minimum atomic E-state index is -0.372. The van der Waals surface area contributed by atoms with E-state index in [4.69, 9.17) is 27.9 Å². The zero-order valence-electron chi connectivity index (χ0n) is 9.76. The van der Waals surface area contributed by atoms with Crippen molar-refractivity contribution >= 4 is 28.4 Å². The molecule has 0 bridgehead atoms. The van der Waals surface area contributed by atoms with Crippen molar-refractivity contribution in [2.75, 3.05) is 0 Å². The highest BCUT2D eigenvalue weighted by Gasteiger charge is 2.58. The lowest BCUT2D eigenvalue weighted by Crippen LogP contribution is -2.42. The Morgan fingerprint density at radius 2 is 1.94 bits per heavy atom. The van der Waals surface area contributed by atoms with E-state index in [1.54, 1.807) is 0 Å². The quantitative estimate of drug-likeness (QED) is 0.697. The topological polar surface area (TPSA) is 21.6 Å². The molecule has 0 radical (unpaired) electrons. The fourth-order valence-electron chi connectivity index (χ4n) is 2.34. The first-order chi connectivity index (χ1) is 7.95. The molecule has 17 heavy (non-hydrogen) atoms. The fraction of sp³-hybridized carbons (Fsp3) is 0.462. The molecule has 4 heteroatoms. The van der Waals surface area contributed by atoms with Gasteiger partial charge in [-0.15, -0.1) is 0 Å². The molecule has 1 aromatic rings. The lowest BCUT2D eigenvalue weighted by Gasteiger charge is -2.31. The fourth-order valence-corrected chi connectivity index (χ4v) is 2.86. The Bertz CT molecular complexity index is 518. The molecule has 0 aromatic heterocycles. The van der Waals surface area contributed by atoms with Crippen molar-refractivity contribution in [3.63, 3.8) is 0 Å². The molecule has 1 aliphatic heterocycles. The maximum atomic E-state index is 6.29. The van der Waals surface area contributed by atoms with Gasteiger partial charge in [0.15, 0.2) is 0 Å². The second-order valence-electron chi connectivity index (χ2n) is 5.16. The van der Waals surface area contributed by atoms with Gasteiger partial charge >= 0.3 is 0 Å². The van der Waals surface area contributed by atoms with Crippen LogP contribution in [0.1, 0.15) is 32.3 Å². The van der Waals surface area contributed by atoms with Gasteiger partial charge in [0, 0.05) is 0 Å². The third-order valence-electron chi connectivity index (χ3n) is 3.70. The summed E-state index contributed by atoms with van der Waals surface area (Å²) in [6.45, 7) is 4.10. The van der Waals surface area contributed by atoms with Crippen LogP contribution in [0.15, 0.2) is 23.2 Å². The Hall–Kier alpha value is -0.730. The standard InChI is InChI=1S/C13H13Cl2NO/c1-12(2)13(6-7-13)16-11(15)8-4-3-5-9(14)10(8)17-12/h3-5H,6-7H2,1-2H3. The molecule has 0 atom stereocenters. The van der Waals surface area contributed by atoms with Crippen molar-refractivity contribution in [3.8, 4) is 5.75 Å². The molecule has 1 saturated carbocycles. The van der Waals surface area contributed by atoms with Gasteiger partial charge in [0.1, 0.15) is 22.1 Å². The van der Waals surface area contributed by atoms with Gasteiger partial charge < -0.3 is 4.74 Å². The maximum Gasteiger partial charge on any atom is 0.149 e. The molecule has 0 saturated heterocycles. The van der Waals surface area contributed by atoms with Crippen LogP contribution < -0.4 is 4.74 Å². The molecule has 1 aromatic carbocycles.